The minimum Gasteiger partial charge on any atom is -0.469 e. The van der Waals surface area contributed by atoms with Gasteiger partial charge in [0.15, 0.2) is 5.78 Å². The van der Waals surface area contributed by atoms with Crippen LogP contribution < -0.4 is 5.32 Å². The predicted molar refractivity (Wildman–Crippen MR) is 69.9 cm³/mol. The van der Waals surface area contributed by atoms with Gasteiger partial charge in [0.05, 0.1) is 19.4 Å². The van der Waals surface area contributed by atoms with Gasteiger partial charge >= 0.3 is 5.97 Å². The highest BCUT2D eigenvalue weighted by Crippen LogP contribution is 2.37. The van der Waals surface area contributed by atoms with Gasteiger partial charge in [0.2, 0.25) is 0 Å². The van der Waals surface area contributed by atoms with Crippen LogP contribution in [-0.2, 0) is 14.3 Å². The third-order valence-corrected chi connectivity index (χ3v) is 4.12. The molecule has 2 aliphatic carbocycles. The second-order valence-corrected chi connectivity index (χ2v) is 5.33. The number of esters is 1. The summed E-state index contributed by atoms with van der Waals surface area (Å²) in [5, 5.41) is 3.38. The minimum atomic E-state index is -0.132. The van der Waals surface area contributed by atoms with Crippen molar-refractivity contribution in [3.63, 3.8) is 0 Å². The van der Waals surface area contributed by atoms with Gasteiger partial charge in [0.1, 0.15) is 0 Å². The van der Waals surface area contributed by atoms with Crippen molar-refractivity contribution in [1.29, 1.82) is 0 Å². The van der Waals surface area contributed by atoms with E-state index in [-0.39, 0.29) is 17.7 Å². The Hall–Kier alpha value is -1.84. The summed E-state index contributed by atoms with van der Waals surface area (Å²) in [6, 6.07) is 0. The van der Waals surface area contributed by atoms with Crippen LogP contribution in [0.4, 0.5) is 0 Å². The van der Waals surface area contributed by atoms with E-state index in [1.165, 1.54) is 18.3 Å². The second kappa shape index (κ2) is 4.68. The van der Waals surface area contributed by atoms with Crippen LogP contribution >= 0.6 is 0 Å². The standard InChI is InChI=1S/C15H17NO3/c1-19-15(18)11-3-2-9-6-10-4-5-12(17)8-14(10)16-13(9)7-11/h4-5,11,16H,2-3,6-8H2,1H3. The van der Waals surface area contributed by atoms with E-state index in [0.717, 1.165) is 30.7 Å². The van der Waals surface area contributed by atoms with E-state index in [9.17, 15) is 9.59 Å². The van der Waals surface area contributed by atoms with Crippen molar-refractivity contribution in [2.45, 2.75) is 32.1 Å². The van der Waals surface area contributed by atoms with Crippen molar-refractivity contribution < 1.29 is 14.3 Å². The number of methoxy groups -OCH3 is 1. The molecule has 1 atom stereocenters. The molecule has 0 amide bonds. The van der Waals surface area contributed by atoms with Crippen molar-refractivity contribution in [2.24, 2.45) is 5.92 Å². The first-order valence-corrected chi connectivity index (χ1v) is 6.66. The van der Waals surface area contributed by atoms with Gasteiger partial charge in [0, 0.05) is 17.8 Å². The summed E-state index contributed by atoms with van der Waals surface area (Å²) >= 11 is 0. The highest BCUT2D eigenvalue weighted by atomic mass is 16.5. The van der Waals surface area contributed by atoms with Crippen molar-refractivity contribution in [3.05, 3.63) is 34.7 Å². The number of carbonyl (C=O) groups excluding carboxylic acids is 2. The smallest absolute Gasteiger partial charge is 0.309 e. The third kappa shape index (κ3) is 2.23. The molecule has 1 unspecified atom stereocenters. The SMILES string of the molecule is COC(=O)C1CCC2=C(C1)NC1=C(C=CC(=O)C1)C2. The topological polar surface area (TPSA) is 55.4 Å². The van der Waals surface area contributed by atoms with E-state index >= 15 is 0 Å². The molecule has 1 heterocycles. The number of rotatable bonds is 1. The summed E-state index contributed by atoms with van der Waals surface area (Å²) in [5.74, 6) is -0.0448. The van der Waals surface area contributed by atoms with Gasteiger partial charge in [-0.05, 0) is 36.5 Å². The Kier molecular flexibility index (Phi) is 3.01. The van der Waals surface area contributed by atoms with Gasteiger partial charge in [-0.1, -0.05) is 6.08 Å². The fourth-order valence-electron chi connectivity index (χ4n) is 3.04. The van der Waals surface area contributed by atoms with Crippen molar-refractivity contribution in [2.75, 3.05) is 7.11 Å². The number of ketones is 1. The van der Waals surface area contributed by atoms with Crippen LogP contribution in [0.1, 0.15) is 32.1 Å². The largest absolute Gasteiger partial charge is 0.469 e. The molecule has 4 nitrogen and oxygen atoms in total. The van der Waals surface area contributed by atoms with Crippen LogP contribution in [0, 0.1) is 5.92 Å². The minimum absolute atomic E-state index is 0.0479. The molecule has 19 heavy (non-hydrogen) atoms. The van der Waals surface area contributed by atoms with E-state index in [2.05, 4.69) is 5.32 Å². The van der Waals surface area contributed by atoms with E-state index in [0.29, 0.717) is 12.8 Å². The molecule has 1 N–H and O–H groups in total. The van der Waals surface area contributed by atoms with Crippen LogP contribution in [-0.4, -0.2) is 18.9 Å². The maximum absolute atomic E-state index is 11.6. The van der Waals surface area contributed by atoms with Gasteiger partial charge in [-0.15, -0.1) is 0 Å². The average Bonchev–Trinajstić information content (AvgIpc) is 2.43. The first-order chi connectivity index (χ1) is 9.17. The lowest BCUT2D eigenvalue weighted by molar-refractivity contribution is -0.145. The van der Waals surface area contributed by atoms with Crippen LogP contribution in [0.3, 0.4) is 0 Å². The van der Waals surface area contributed by atoms with E-state index in [4.69, 9.17) is 4.74 Å². The van der Waals surface area contributed by atoms with Crippen molar-refractivity contribution >= 4 is 11.8 Å². The van der Waals surface area contributed by atoms with Crippen LogP contribution in [0.2, 0.25) is 0 Å². The summed E-state index contributed by atoms with van der Waals surface area (Å²) < 4.78 is 4.83. The summed E-state index contributed by atoms with van der Waals surface area (Å²) in [6.07, 6.45) is 7.44. The molecule has 4 heteroatoms. The number of hydrogen-bond acceptors (Lipinski definition) is 4. The Morgan fingerprint density at radius 3 is 2.95 bits per heavy atom. The number of ether oxygens (including phenoxy) is 1. The molecule has 0 aromatic carbocycles. The van der Waals surface area contributed by atoms with Crippen LogP contribution in [0.5, 0.6) is 0 Å². The Morgan fingerprint density at radius 1 is 1.32 bits per heavy atom. The molecule has 3 rings (SSSR count). The van der Waals surface area contributed by atoms with Gasteiger partial charge in [-0.3, -0.25) is 9.59 Å². The average molecular weight is 259 g/mol. The molecule has 100 valence electrons. The Balaban J connectivity index is 1.77. The van der Waals surface area contributed by atoms with E-state index in [1.54, 1.807) is 6.08 Å². The fourth-order valence-corrected chi connectivity index (χ4v) is 3.04. The van der Waals surface area contributed by atoms with Gasteiger partial charge in [-0.2, -0.15) is 0 Å². The van der Waals surface area contributed by atoms with Crippen molar-refractivity contribution in [1.82, 2.24) is 5.32 Å². The van der Waals surface area contributed by atoms with E-state index < -0.39 is 0 Å². The molecule has 0 spiro atoms. The van der Waals surface area contributed by atoms with Crippen LogP contribution in [0.25, 0.3) is 0 Å². The Morgan fingerprint density at radius 2 is 2.16 bits per heavy atom. The molecule has 0 saturated heterocycles. The molecule has 0 aromatic heterocycles. The zero-order valence-corrected chi connectivity index (χ0v) is 11.0. The maximum atomic E-state index is 11.6. The van der Waals surface area contributed by atoms with Gasteiger partial charge in [-0.25, -0.2) is 0 Å². The predicted octanol–water partition coefficient (Wildman–Crippen LogP) is 1.99. The monoisotopic (exact) mass is 259 g/mol. The highest BCUT2D eigenvalue weighted by molar-refractivity contribution is 5.93. The summed E-state index contributed by atoms with van der Waals surface area (Å²) in [6.45, 7) is 0. The maximum Gasteiger partial charge on any atom is 0.309 e. The number of allylic oxidation sites excluding steroid dienone is 6. The zero-order valence-electron chi connectivity index (χ0n) is 11.0. The zero-order chi connectivity index (χ0) is 13.4. The molecule has 0 fully saturated rings. The van der Waals surface area contributed by atoms with Gasteiger partial charge in [0.25, 0.3) is 0 Å². The number of hydrogen-bond donors (Lipinski definition) is 1. The summed E-state index contributed by atoms with van der Waals surface area (Å²) in [7, 11) is 1.44. The molecule has 0 radical (unpaired) electrons. The molecule has 0 bridgehead atoms. The number of dihydropyridines is 1. The second-order valence-electron chi connectivity index (χ2n) is 5.33. The summed E-state index contributed by atoms with van der Waals surface area (Å²) in [4.78, 5) is 23.1. The lowest BCUT2D eigenvalue weighted by Crippen LogP contribution is -2.31. The number of carbonyl (C=O) groups is 2. The normalized spacial score (nSPS) is 25.7. The highest BCUT2D eigenvalue weighted by Gasteiger charge is 2.31. The lowest BCUT2D eigenvalue weighted by Gasteiger charge is -2.33. The molecular weight excluding hydrogens is 242 g/mol. The fraction of sp³-hybridized carbons (Fsp3) is 0.467. The quantitative estimate of drug-likeness (QED) is 0.732. The first kappa shape index (κ1) is 12.2. The molecule has 1 aliphatic heterocycles. The molecular formula is C15H17NO3. The Labute approximate surface area is 112 Å². The first-order valence-electron chi connectivity index (χ1n) is 6.66. The lowest BCUT2D eigenvalue weighted by atomic mass is 9.81. The molecule has 0 aromatic rings. The number of nitrogens with one attached hydrogen (secondary N) is 1. The summed E-state index contributed by atoms with van der Waals surface area (Å²) in [5.41, 5.74) is 4.73. The van der Waals surface area contributed by atoms with Gasteiger partial charge < -0.3 is 10.1 Å². The third-order valence-electron chi connectivity index (χ3n) is 4.12. The molecule has 3 aliphatic rings. The Bertz CT molecular complexity index is 540. The van der Waals surface area contributed by atoms with E-state index in [1.807, 2.05) is 6.08 Å². The molecule has 0 saturated carbocycles. The van der Waals surface area contributed by atoms with Crippen LogP contribution in [0.15, 0.2) is 34.7 Å². The van der Waals surface area contributed by atoms with Crippen molar-refractivity contribution in [3.8, 4) is 0 Å².